The summed E-state index contributed by atoms with van der Waals surface area (Å²) in [6.07, 6.45) is 2.54. The first kappa shape index (κ1) is 13.3. The monoisotopic (exact) mass is 263 g/mol. The Hall–Kier alpha value is -0.740. The van der Waals surface area contributed by atoms with Crippen LogP contribution in [0.3, 0.4) is 0 Å². The number of alkyl halides is 1. The first-order valence-electron chi connectivity index (χ1n) is 5.10. The standard InChI is InChI=1S/C10H15Cl2N3O/c1-3-5-15(6-4-11)9-8(12)7-13-10(14-9)16-2/h7H,3-6H2,1-2H3. The van der Waals surface area contributed by atoms with Gasteiger partial charge in [0.25, 0.3) is 0 Å². The van der Waals surface area contributed by atoms with Crippen LogP contribution in [0.25, 0.3) is 0 Å². The number of anilines is 1. The predicted octanol–water partition coefficient (Wildman–Crippen LogP) is 2.59. The zero-order valence-electron chi connectivity index (χ0n) is 9.41. The Labute approximate surface area is 106 Å². The van der Waals surface area contributed by atoms with Crippen molar-refractivity contribution >= 4 is 29.0 Å². The van der Waals surface area contributed by atoms with Gasteiger partial charge in [0.1, 0.15) is 5.02 Å². The van der Waals surface area contributed by atoms with Gasteiger partial charge in [-0.05, 0) is 6.42 Å². The van der Waals surface area contributed by atoms with E-state index in [9.17, 15) is 0 Å². The van der Waals surface area contributed by atoms with Gasteiger partial charge in [-0.25, -0.2) is 4.98 Å². The Morgan fingerprint density at radius 3 is 2.75 bits per heavy atom. The fraction of sp³-hybridized carbons (Fsp3) is 0.600. The van der Waals surface area contributed by atoms with Gasteiger partial charge in [0.2, 0.25) is 0 Å². The molecule has 1 aromatic rings. The largest absolute Gasteiger partial charge is 0.467 e. The maximum Gasteiger partial charge on any atom is 0.318 e. The van der Waals surface area contributed by atoms with E-state index in [1.165, 1.54) is 7.11 Å². The van der Waals surface area contributed by atoms with Crippen LogP contribution < -0.4 is 9.64 Å². The SMILES string of the molecule is CCCN(CCCl)c1nc(OC)ncc1Cl. The summed E-state index contributed by atoms with van der Waals surface area (Å²) in [7, 11) is 1.53. The van der Waals surface area contributed by atoms with Crippen molar-refractivity contribution in [1.29, 1.82) is 0 Å². The summed E-state index contributed by atoms with van der Waals surface area (Å²) in [5.41, 5.74) is 0. The molecule has 0 fully saturated rings. The molecular weight excluding hydrogens is 249 g/mol. The van der Waals surface area contributed by atoms with Crippen molar-refractivity contribution in [2.45, 2.75) is 13.3 Å². The highest BCUT2D eigenvalue weighted by Gasteiger charge is 2.12. The minimum Gasteiger partial charge on any atom is -0.467 e. The van der Waals surface area contributed by atoms with Gasteiger partial charge in [-0.15, -0.1) is 11.6 Å². The Bertz CT molecular complexity index is 330. The van der Waals surface area contributed by atoms with Gasteiger partial charge in [0, 0.05) is 19.0 Å². The number of halogens is 2. The smallest absolute Gasteiger partial charge is 0.318 e. The Morgan fingerprint density at radius 1 is 1.44 bits per heavy atom. The number of hydrogen-bond donors (Lipinski definition) is 0. The number of nitrogens with zero attached hydrogens (tertiary/aromatic N) is 3. The van der Waals surface area contributed by atoms with Gasteiger partial charge in [-0.1, -0.05) is 18.5 Å². The lowest BCUT2D eigenvalue weighted by atomic mass is 10.4. The molecule has 90 valence electrons. The molecule has 0 spiro atoms. The average molecular weight is 264 g/mol. The third-order valence-electron chi connectivity index (χ3n) is 2.03. The van der Waals surface area contributed by atoms with Gasteiger partial charge >= 0.3 is 6.01 Å². The van der Waals surface area contributed by atoms with Gasteiger partial charge in [0.05, 0.1) is 13.3 Å². The molecule has 0 aromatic carbocycles. The molecule has 0 atom stereocenters. The first-order valence-corrected chi connectivity index (χ1v) is 6.01. The van der Waals surface area contributed by atoms with Crippen LogP contribution in [0.15, 0.2) is 6.20 Å². The molecule has 0 unspecified atom stereocenters. The summed E-state index contributed by atoms with van der Waals surface area (Å²) in [4.78, 5) is 10.2. The van der Waals surface area contributed by atoms with E-state index >= 15 is 0 Å². The quantitative estimate of drug-likeness (QED) is 0.740. The zero-order chi connectivity index (χ0) is 12.0. The average Bonchev–Trinajstić information content (AvgIpc) is 2.29. The molecule has 0 saturated heterocycles. The van der Waals surface area contributed by atoms with E-state index < -0.39 is 0 Å². The van der Waals surface area contributed by atoms with Crippen molar-refractivity contribution in [1.82, 2.24) is 9.97 Å². The number of methoxy groups -OCH3 is 1. The molecule has 6 heteroatoms. The van der Waals surface area contributed by atoms with Crippen LogP contribution in [0, 0.1) is 0 Å². The normalized spacial score (nSPS) is 10.2. The fourth-order valence-electron chi connectivity index (χ4n) is 1.36. The molecule has 0 bridgehead atoms. The highest BCUT2D eigenvalue weighted by molar-refractivity contribution is 6.32. The summed E-state index contributed by atoms with van der Waals surface area (Å²) < 4.78 is 4.98. The van der Waals surface area contributed by atoms with Crippen molar-refractivity contribution in [3.05, 3.63) is 11.2 Å². The van der Waals surface area contributed by atoms with Crippen LogP contribution >= 0.6 is 23.2 Å². The summed E-state index contributed by atoms with van der Waals surface area (Å²) >= 11 is 11.8. The molecule has 1 rings (SSSR count). The second kappa shape index (κ2) is 6.76. The molecule has 0 aliphatic carbocycles. The van der Waals surface area contributed by atoms with Crippen molar-refractivity contribution in [3.8, 4) is 6.01 Å². The number of rotatable bonds is 6. The first-order chi connectivity index (χ1) is 7.72. The van der Waals surface area contributed by atoms with Crippen LogP contribution in [-0.2, 0) is 0 Å². The summed E-state index contributed by atoms with van der Waals surface area (Å²) in [6.45, 7) is 3.65. The minimum atomic E-state index is 0.315. The molecule has 4 nitrogen and oxygen atoms in total. The minimum absolute atomic E-state index is 0.315. The van der Waals surface area contributed by atoms with Crippen LogP contribution in [0.4, 0.5) is 5.82 Å². The third-order valence-corrected chi connectivity index (χ3v) is 2.47. The molecule has 0 amide bonds. The number of ether oxygens (including phenoxy) is 1. The summed E-state index contributed by atoms with van der Waals surface area (Å²) in [6, 6.07) is 0.315. The lowest BCUT2D eigenvalue weighted by Gasteiger charge is -2.22. The number of hydrogen-bond acceptors (Lipinski definition) is 4. The van der Waals surface area contributed by atoms with E-state index in [2.05, 4.69) is 16.9 Å². The number of aromatic nitrogens is 2. The van der Waals surface area contributed by atoms with E-state index in [1.54, 1.807) is 6.20 Å². The third kappa shape index (κ3) is 3.39. The van der Waals surface area contributed by atoms with Gasteiger partial charge in [-0.2, -0.15) is 4.98 Å². The van der Waals surface area contributed by atoms with Crippen molar-refractivity contribution in [2.24, 2.45) is 0 Å². The van der Waals surface area contributed by atoms with Crippen LogP contribution in [0.5, 0.6) is 6.01 Å². The lowest BCUT2D eigenvalue weighted by molar-refractivity contribution is 0.379. The molecular formula is C10H15Cl2N3O. The molecule has 0 aliphatic rings. The van der Waals surface area contributed by atoms with Gasteiger partial charge in [0.15, 0.2) is 5.82 Å². The zero-order valence-corrected chi connectivity index (χ0v) is 10.9. The van der Waals surface area contributed by atoms with E-state index in [0.717, 1.165) is 13.0 Å². The van der Waals surface area contributed by atoms with E-state index in [-0.39, 0.29) is 0 Å². The second-order valence-corrected chi connectivity index (χ2v) is 3.99. The Balaban J connectivity index is 2.96. The summed E-state index contributed by atoms with van der Waals surface area (Å²) in [5.74, 6) is 1.21. The highest BCUT2D eigenvalue weighted by Crippen LogP contribution is 2.24. The maximum absolute atomic E-state index is 6.05. The van der Waals surface area contributed by atoms with Crippen LogP contribution in [-0.4, -0.2) is 36.0 Å². The molecule has 1 aromatic heterocycles. The molecule has 0 radical (unpaired) electrons. The Kier molecular flexibility index (Phi) is 5.63. The van der Waals surface area contributed by atoms with E-state index in [4.69, 9.17) is 27.9 Å². The van der Waals surface area contributed by atoms with E-state index in [0.29, 0.717) is 29.3 Å². The van der Waals surface area contributed by atoms with Gasteiger partial charge in [-0.3, -0.25) is 0 Å². The molecule has 16 heavy (non-hydrogen) atoms. The van der Waals surface area contributed by atoms with E-state index in [1.807, 2.05) is 4.90 Å². The van der Waals surface area contributed by atoms with Crippen molar-refractivity contribution < 1.29 is 4.74 Å². The Morgan fingerprint density at radius 2 is 2.19 bits per heavy atom. The fourth-order valence-corrected chi connectivity index (χ4v) is 1.77. The molecule has 0 N–H and O–H groups in total. The topological polar surface area (TPSA) is 38.2 Å². The van der Waals surface area contributed by atoms with Crippen LogP contribution in [0.1, 0.15) is 13.3 Å². The van der Waals surface area contributed by atoms with Crippen LogP contribution in [0.2, 0.25) is 5.02 Å². The van der Waals surface area contributed by atoms with Crippen molar-refractivity contribution in [2.75, 3.05) is 31.0 Å². The predicted molar refractivity (Wildman–Crippen MR) is 66.8 cm³/mol. The maximum atomic E-state index is 6.05. The van der Waals surface area contributed by atoms with Crippen molar-refractivity contribution in [3.63, 3.8) is 0 Å². The molecule has 0 aliphatic heterocycles. The highest BCUT2D eigenvalue weighted by atomic mass is 35.5. The second-order valence-electron chi connectivity index (χ2n) is 3.20. The molecule has 0 saturated carbocycles. The lowest BCUT2D eigenvalue weighted by Crippen LogP contribution is -2.27. The summed E-state index contributed by atoms with van der Waals surface area (Å²) in [5, 5.41) is 0.513. The molecule has 1 heterocycles. The van der Waals surface area contributed by atoms with Gasteiger partial charge < -0.3 is 9.64 Å².